The quantitative estimate of drug-likeness (QED) is 0.499. The highest BCUT2D eigenvalue weighted by molar-refractivity contribution is 5.96. The molecule has 0 heterocycles. The van der Waals surface area contributed by atoms with Crippen LogP contribution in [0.3, 0.4) is 0 Å². The predicted molar refractivity (Wildman–Crippen MR) is 144 cm³/mol. The van der Waals surface area contributed by atoms with Crippen LogP contribution in [-0.4, -0.2) is 22.2 Å². The van der Waals surface area contributed by atoms with Gasteiger partial charge in [-0.05, 0) is 93.6 Å². The van der Waals surface area contributed by atoms with E-state index in [2.05, 4.69) is 48.6 Å². The Morgan fingerprint density at radius 3 is 2.19 bits per heavy atom. The van der Waals surface area contributed by atoms with E-state index in [4.69, 9.17) is 0 Å². The van der Waals surface area contributed by atoms with E-state index in [-0.39, 0.29) is 17.0 Å². The second-order valence-electron chi connectivity index (χ2n) is 10.9. The minimum Gasteiger partial charge on any atom is -0.478 e. The molecule has 188 valence electrons. The molecule has 4 nitrogen and oxygen atoms in total. The molecule has 0 aromatic heterocycles. The number of benzene rings is 3. The lowest BCUT2D eigenvalue weighted by atomic mass is 9.71. The molecule has 3 aromatic carbocycles. The van der Waals surface area contributed by atoms with Crippen molar-refractivity contribution in [3.8, 4) is 0 Å². The van der Waals surface area contributed by atoms with Gasteiger partial charge in [-0.15, -0.1) is 0 Å². The third kappa shape index (κ3) is 4.29. The van der Waals surface area contributed by atoms with Gasteiger partial charge in [-0.3, -0.25) is 0 Å². The highest BCUT2D eigenvalue weighted by Crippen LogP contribution is 2.40. The van der Waals surface area contributed by atoms with E-state index in [1.807, 2.05) is 0 Å². The molecule has 0 spiro atoms. The minimum absolute atomic E-state index is 0.0908. The van der Waals surface area contributed by atoms with Gasteiger partial charge in [0, 0.05) is 5.92 Å². The zero-order valence-corrected chi connectivity index (χ0v) is 21.0. The maximum Gasteiger partial charge on any atom is 0.335 e. The van der Waals surface area contributed by atoms with E-state index in [0.717, 1.165) is 12.8 Å². The molecule has 3 aromatic rings. The topological polar surface area (TPSA) is 74.6 Å². The van der Waals surface area contributed by atoms with Crippen molar-refractivity contribution in [2.24, 2.45) is 11.8 Å². The first kappa shape index (κ1) is 23.7. The molecule has 0 saturated heterocycles. The molecule has 0 amide bonds. The summed E-state index contributed by atoms with van der Waals surface area (Å²) in [4.78, 5) is 23.8. The lowest BCUT2D eigenvalue weighted by Crippen LogP contribution is -2.28. The molecule has 0 aliphatic heterocycles. The van der Waals surface area contributed by atoms with E-state index in [0.29, 0.717) is 23.8 Å². The molecule has 2 atom stereocenters. The van der Waals surface area contributed by atoms with Gasteiger partial charge < -0.3 is 10.2 Å². The number of hydrogen-bond donors (Lipinski definition) is 2. The number of hydrogen-bond acceptors (Lipinski definition) is 2. The van der Waals surface area contributed by atoms with E-state index >= 15 is 0 Å². The van der Waals surface area contributed by atoms with Crippen LogP contribution in [0.4, 0.5) is 0 Å². The van der Waals surface area contributed by atoms with Crippen molar-refractivity contribution in [3.05, 3.63) is 103 Å². The molecule has 3 aliphatic rings. The summed E-state index contributed by atoms with van der Waals surface area (Å²) in [5, 5.41) is 24.7. The number of rotatable bonds is 5. The van der Waals surface area contributed by atoms with Crippen molar-refractivity contribution < 1.29 is 19.8 Å². The molecule has 2 N–H and O–H groups in total. The molecular formula is C33H32O4. The zero-order valence-electron chi connectivity index (χ0n) is 21.0. The van der Waals surface area contributed by atoms with Gasteiger partial charge in [0.1, 0.15) is 0 Å². The van der Waals surface area contributed by atoms with Crippen LogP contribution in [0.25, 0.3) is 12.2 Å². The molecule has 4 heteroatoms. The van der Waals surface area contributed by atoms with Crippen molar-refractivity contribution in [2.45, 2.75) is 57.3 Å². The van der Waals surface area contributed by atoms with Crippen LogP contribution in [0.1, 0.15) is 81.8 Å². The number of carboxylic acid groups (broad SMARTS) is 2. The van der Waals surface area contributed by atoms with Crippen molar-refractivity contribution in [2.75, 3.05) is 0 Å². The van der Waals surface area contributed by atoms with E-state index < -0.39 is 11.9 Å². The largest absolute Gasteiger partial charge is 0.478 e. The first-order valence-electron chi connectivity index (χ1n) is 13.5. The fourth-order valence-corrected chi connectivity index (χ4v) is 7.06. The Balaban J connectivity index is 1.47. The van der Waals surface area contributed by atoms with Gasteiger partial charge in [0.2, 0.25) is 0 Å². The van der Waals surface area contributed by atoms with Crippen LogP contribution in [-0.2, 0) is 12.8 Å². The number of carboxylic acids is 2. The number of fused-ring (bicyclic) bond motifs is 4. The molecule has 1 saturated carbocycles. The van der Waals surface area contributed by atoms with Crippen molar-refractivity contribution in [1.82, 2.24) is 0 Å². The number of carbonyl (C=O) groups is 2. The van der Waals surface area contributed by atoms with Gasteiger partial charge in [-0.2, -0.15) is 0 Å². The Hall–Kier alpha value is -3.66. The molecule has 3 aliphatic carbocycles. The number of aromatic carboxylic acids is 2. The van der Waals surface area contributed by atoms with Crippen LogP contribution in [0.5, 0.6) is 0 Å². The monoisotopic (exact) mass is 492 g/mol. The summed E-state index contributed by atoms with van der Waals surface area (Å²) in [5.74, 6) is -0.958. The summed E-state index contributed by atoms with van der Waals surface area (Å²) in [6, 6.07) is 17.8. The predicted octanol–water partition coefficient (Wildman–Crippen LogP) is 5.41. The lowest BCUT2D eigenvalue weighted by Gasteiger charge is -2.33. The Morgan fingerprint density at radius 1 is 0.730 bits per heavy atom. The standard InChI is InChI=1S/C33H32O4/c34-32(35)27-11-6-12-28(33(36)37)30(27)18-20-13-15-25-23(17-20)14-16-26-24-10-5-4-9-22(24)19-29(31(25)26)21-7-2-1-3-8-21/h4-6,9-12,14,16-17,19-21,29H,1-3,7-8,13,15,18H2,(H,34,35)(H,36,37). The minimum atomic E-state index is -1.08. The second kappa shape index (κ2) is 9.66. The molecule has 1 fully saturated rings. The third-order valence-electron chi connectivity index (χ3n) is 8.78. The van der Waals surface area contributed by atoms with E-state index in [1.165, 1.54) is 82.3 Å². The zero-order chi connectivity index (χ0) is 25.5. The third-order valence-corrected chi connectivity index (χ3v) is 8.78. The van der Waals surface area contributed by atoms with Gasteiger partial charge in [-0.25, -0.2) is 9.59 Å². The van der Waals surface area contributed by atoms with Crippen LogP contribution in [0, 0.1) is 22.3 Å². The first-order chi connectivity index (χ1) is 18.0. The molecule has 37 heavy (non-hydrogen) atoms. The summed E-state index contributed by atoms with van der Waals surface area (Å²) in [6.07, 6.45) is 13.5. The van der Waals surface area contributed by atoms with Crippen molar-refractivity contribution in [3.63, 3.8) is 0 Å². The Kier molecular flexibility index (Phi) is 6.19. The summed E-state index contributed by atoms with van der Waals surface area (Å²) < 4.78 is 0. The van der Waals surface area contributed by atoms with Crippen molar-refractivity contribution in [1.29, 1.82) is 0 Å². The maximum atomic E-state index is 11.9. The van der Waals surface area contributed by atoms with Gasteiger partial charge in [0.05, 0.1) is 11.1 Å². The lowest BCUT2D eigenvalue weighted by molar-refractivity contribution is 0.0695. The van der Waals surface area contributed by atoms with Crippen LogP contribution in [0.2, 0.25) is 0 Å². The fraction of sp³-hybridized carbons (Fsp3) is 0.333. The normalized spacial score (nSPS) is 20.5. The molecule has 0 radical (unpaired) electrons. The van der Waals surface area contributed by atoms with Gasteiger partial charge >= 0.3 is 11.9 Å². The summed E-state index contributed by atoms with van der Waals surface area (Å²) in [7, 11) is 0. The molecule has 0 bridgehead atoms. The van der Waals surface area contributed by atoms with E-state index in [1.54, 1.807) is 0 Å². The van der Waals surface area contributed by atoms with Crippen molar-refractivity contribution >= 4 is 24.1 Å². The van der Waals surface area contributed by atoms with Gasteiger partial charge in [0.25, 0.3) is 0 Å². The average Bonchev–Trinajstić information content (AvgIpc) is 2.92. The summed E-state index contributed by atoms with van der Waals surface area (Å²) in [5.41, 5.74) is 3.53. The van der Waals surface area contributed by atoms with Gasteiger partial charge in [0.15, 0.2) is 0 Å². The Labute approximate surface area is 216 Å². The van der Waals surface area contributed by atoms with E-state index in [9.17, 15) is 19.8 Å². The van der Waals surface area contributed by atoms with Crippen LogP contribution >= 0.6 is 0 Å². The smallest absolute Gasteiger partial charge is 0.335 e. The van der Waals surface area contributed by atoms with Crippen LogP contribution < -0.4 is 10.4 Å². The highest BCUT2D eigenvalue weighted by atomic mass is 16.4. The second-order valence-corrected chi connectivity index (χ2v) is 10.9. The Morgan fingerprint density at radius 2 is 1.46 bits per heavy atom. The SMILES string of the molecule is O=C(O)c1cccc(C(=O)O)c1CC1C=c2ccc3c(c2CC1)C(C1CCCCC1)C=c1ccccc1=3. The fourth-order valence-electron chi connectivity index (χ4n) is 7.06. The van der Waals surface area contributed by atoms with Gasteiger partial charge in [-0.1, -0.05) is 73.9 Å². The molecular weight excluding hydrogens is 460 g/mol. The molecule has 2 unspecified atom stereocenters. The Bertz CT molecular complexity index is 1580. The van der Waals surface area contributed by atoms with Crippen LogP contribution in [0.15, 0.2) is 54.6 Å². The summed E-state index contributed by atoms with van der Waals surface area (Å²) in [6.45, 7) is 0. The average molecular weight is 493 g/mol. The highest BCUT2D eigenvalue weighted by Gasteiger charge is 2.29. The first-order valence-corrected chi connectivity index (χ1v) is 13.5. The maximum absolute atomic E-state index is 11.9. The summed E-state index contributed by atoms with van der Waals surface area (Å²) >= 11 is 0. The molecule has 6 rings (SSSR count).